The zero-order valence-electron chi connectivity index (χ0n) is 12.4. The summed E-state index contributed by atoms with van der Waals surface area (Å²) in [4.78, 5) is 11.8. The van der Waals surface area contributed by atoms with Crippen molar-refractivity contribution in [1.82, 2.24) is 10.6 Å². The molecule has 2 amide bonds. The Morgan fingerprint density at radius 3 is 2.45 bits per heavy atom. The first-order valence-electron chi connectivity index (χ1n) is 7.16. The van der Waals surface area contributed by atoms with Gasteiger partial charge in [-0.25, -0.2) is 4.79 Å². The summed E-state index contributed by atoms with van der Waals surface area (Å²) in [7, 11) is 0. The number of nitrogens with one attached hydrogen (secondary N) is 2. The molecule has 0 aliphatic heterocycles. The van der Waals surface area contributed by atoms with Gasteiger partial charge >= 0.3 is 6.03 Å². The number of ether oxygens (including phenoxy) is 1. The highest BCUT2D eigenvalue weighted by molar-refractivity contribution is 9.10. The molecule has 0 saturated heterocycles. The summed E-state index contributed by atoms with van der Waals surface area (Å²) >= 11 is 3.45. The third kappa shape index (κ3) is 4.77. The number of urea groups is 1. The highest BCUT2D eigenvalue weighted by Gasteiger charge is 2.04. The molecule has 2 rings (SSSR count). The molecule has 2 N–H and O–H groups in total. The second-order valence-corrected chi connectivity index (χ2v) is 5.56. The van der Waals surface area contributed by atoms with E-state index in [1.54, 1.807) is 0 Å². The highest BCUT2D eigenvalue weighted by Crippen LogP contribution is 2.17. The van der Waals surface area contributed by atoms with Crippen molar-refractivity contribution in [3.8, 4) is 5.75 Å². The molecule has 0 aromatic heterocycles. The summed E-state index contributed by atoms with van der Waals surface area (Å²) in [5.41, 5.74) is 2.15. The molecule has 0 heterocycles. The number of hydrogen-bond donors (Lipinski definition) is 2. The average molecular weight is 363 g/mol. The number of halogens is 1. The first-order chi connectivity index (χ1) is 10.7. The van der Waals surface area contributed by atoms with Crippen LogP contribution in [0.3, 0.4) is 0 Å². The van der Waals surface area contributed by atoms with Crippen LogP contribution >= 0.6 is 15.9 Å². The number of carbonyl (C=O) groups excluding carboxylic acids is 1. The van der Waals surface area contributed by atoms with Crippen molar-refractivity contribution in [2.75, 3.05) is 6.73 Å². The van der Waals surface area contributed by atoms with Gasteiger partial charge in [-0.2, -0.15) is 0 Å². The minimum Gasteiger partial charge on any atom is -0.473 e. The third-order valence-electron chi connectivity index (χ3n) is 3.21. The molecule has 0 aliphatic rings. The minimum atomic E-state index is -0.260. The summed E-state index contributed by atoms with van der Waals surface area (Å²) in [5, 5.41) is 5.48. The molecule has 116 valence electrons. The minimum absolute atomic E-state index is 0.138. The van der Waals surface area contributed by atoms with Crippen LogP contribution in [0.1, 0.15) is 18.1 Å². The van der Waals surface area contributed by atoms with E-state index in [1.807, 2.05) is 48.5 Å². The van der Waals surface area contributed by atoms with Crippen molar-refractivity contribution < 1.29 is 9.53 Å². The summed E-state index contributed by atoms with van der Waals surface area (Å²) in [6.45, 7) is 2.66. The van der Waals surface area contributed by atoms with E-state index >= 15 is 0 Å². The van der Waals surface area contributed by atoms with E-state index in [1.165, 1.54) is 0 Å². The molecule has 0 unspecified atom stereocenters. The Kier molecular flexibility index (Phi) is 6.27. The monoisotopic (exact) mass is 362 g/mol. The Bertz CT molecular complexity index is 632. The van der Waals surface area contributed by atoms with E-state index in [9.17, 15) is 4.79 Å². The van der Waals surface area contributed by atoms with Crippen LogP contribution in [0, 0.1) is 0 Å². The molecule has 5 heteroatoms. The molecule has 2 aromatic carbocycles. The van der Waals surface area contributed by atoms with Crippen LogP contribution < -0.4 is 15.4 Å². The molecular weight excluding hydrogens is 344 g/mol. The van der Waals surface area contributed by atoms with Crippen LogP contribution in [0.5, 0.6) is 5.75 Å². The van der Waals surface area contributed by atoms with Gasteiger partial charge in [0.15, 0.2) is 6.73 Å². The smallest absolute Gasteiger partial charge is 0.317 e. The van der Waals surface area contributed by atoms with Crippen molar-refractivity contribution in [2.45, 2.75) is 19.9 Å². The van der Waals surface area contributed by atoms with Gasteiger partial charge in [-0.05, 0) is 29.7 Å². The van der Waals surface area contributed by atoms with Gasteiger partial charge < -0.3 is 15.4 Å². The normalized spacial score (nSPS) is 10.1. The Labute approximate surface area is 139 Å². The lowest BCUT2D eigenvalue weighted by Gasteiger charge is -2.12. The number of para-hydroxylation sites is 1. The molecule has 0 spiro atoms. The summed E-state index contributed by atoms with van der Waals surface area (Å²) in [6, 6.07) is 15.3. The van der Waals surface area contributed by atoms with E-state index in [0.717, 1.165) is 27.8 Å². The quantitative estimate of drug-likeness (QED) is 0.766. The van der Waals surface area contributed by atoms with E-state index in [-0.39, 0.29) is 12.8 Å². The Morgan fingerprint density at radius 2 is 1.73 bits per heavy atom. The number of rotatable bonds is 6. The lowest BCUT2D eigenvalue weighted by molar-refractivity contribution is 0.223. The Balaban J connectivity index is 1.75. The maximum atomic E-state index is 11.8. The van der Waals surface area contributed by atoms with Gasteiger partial charge in [0, 0.05) is 11.0 Å². The zero-order chi connectivity index (χ0) is 15.8. The van der Waals surface area contributed by atoms with E-state index in [2.05, 4.69) is 33.5 Å². The van der Waals surface area contributed by atoms with Crippen LogP contribution in [-0.4, -0.2) is 12.8 Å². The molecule has 0 fully saturated rings. The van der Waals surface area contributed by atoms with Crippen LogP contribution in [0.4, 0.5) is 4.79 Å². The summed E-state index contributed by atoms with van der Waals surface area (Å²) < 4.78 is 6.57. The van der Waals surface area contributed by atoms with Crippen molar-refractivity contribution in [3.05, 3.63) is 64.1 Å². The van der Waals surface area contributed by atoms with Gasteiger partial charge in [0.1, 0.15) is 5.75 Å². The predicted octanol–water partition coefficient (Wildman–Crippen LogP) is 3.85. The van der Waals surface area contributed by atoms with Crippen molar-refractivity contribution in [2.24, 2.45) is 0 Å². The van der Waals surface area contributed by atoms with Crippen LogP contribution in [0.25, 0.3) is 0 Å². The van der Waals surface area contributed by atoms with Gasteiger partial charge in [-0.15, -0.1) is 0 Å². The molecule has 0 radical (unpaired) electrons. The van der Waals surface area contributed by atoms with Crippen LogP contribution in [0.15, 0.2) is 53.0 Å². The Hall–Kier alpha value is -2.01. The molecule has 4 nitrogen and oxygen atoms in total. The van der Waals surface area contributed by atoms with Crippen molar-refractivity contribution in [1.29, 1.82) is 0 Å². The van der Waals surface area contributed by atoms with E-state index < -0.39 is 0 Å². The molecule has 2 aromatic rings. The standard InChI is InChI=1S/C17H19BrN2O2/c1-2-13-7-4-6-10-16(13)22-12-20-17(21)19-11-14-8-3-5-9-15(14)18/h3-10H,2,11-12H2,1H3,(H2,19,20,21). The van der Waals surface area contributed by atoms with Crippen LogP contribution in [0.2, 0.25) is 0 Å². The molecule has 0 bridgehead atoms. The molecule has 0 aliphatic carbocycles. The predicted molar refractivity (Wildman–Crippen MR) is 90.8 cm³/mol. The Morgan fingerprint density at radius 1 is 1.05 bits per heavy atom. The first-order valence-corrected chi connectivity index (χ1v) is 7.95. The second kappa shape index (κ2) is 8.44. The fourth-order valence-corrected chi connectivity index (χ4v) is 2.42. The maximum absolute atomic E-state index is 11.8. The fourth-order valence-electron chi connectivity index (χ4n) is 2.00. The topological polar surface area (TPSA) is 50.4 Å². The fraction of sp³-hybridized carbons (Fsp3) is 0.235. The van der Waals surface area contributed by atoms with Crippen molar-refractivity contribution >= 4 is 22.0 Å². The second-order valence-electron chi connectivity index (χ2n) is 4.70. The van der Waals surface area contributed by atoms with Gasteiger partial charge in [0.05, 0.1) is 0 Å². The van der Waals surface area contributed by atoms with Gasteiger partial charge in [-0.1, -0.05) is 59.3 Å². The molecular formula is C17H19BrN2O2. The van der Waals surface area contributed by atoms with Gasteiger partial charge in [0.25, 0.3) is 0 Å². The lowest BCUT2D eigenvalue weighted by Crippen LogP contribution is -2.37. The summed E-state index contributed by atoms with van der Waals surface area (Å²) in [6.07, 6.45) is 0.893. The summed E-state index contributed by atoms with van der Waals surface area (Å²) in [5.74, 6) is 0.802. The highest BCUT2D eigenvalue weighted by atomic mass is 79.9. The first kappa shape index (κ1) is 16.4. The van der Waals surface area contributed by atoms with E-state index in [4.69, 9.17) is 4.74 Å². The number of hydrogen-bond acceptors (Lipinski definition) is 2. The number of benzene rings is 2. The van der Waals surface area contributed by atoms with Crippen molar-refractivity contribution in [3.63, 3.8) is 0 Å². The molecule has 0 saturated carbocycles. The average Bonchev–Trinajstić information content (AvgIpc) is 2.54. The molecule has 0 atom stereocenters. The third-order valence-corrected chi connectivity index (χ3v) is 3.98. The van der Waals surface area contributed by atoms with Gasteiger partial charge in [-0.3, -0.25) is 0 Å². The SMILES string of the molecule is CCc1ccccc1OCNC(=O)NCc1ccccc1Br. The number of amides is 2. The van der Waals surface area contributed by atoms with Crippen LogP contribution in [-0.2, 0) is 13.0 Å². The van der Waals surface area contributed by atoms with Gasteiger partial charge in [0.2, 0.25) is 0 Å². The van der Waals surface area contributed by atoms with E-state index in [0.29, 0.717) is 6.54 Å². The number of carbonyl (C=O) groups is 1. The molecule has 22 heavy (non-hydrogen) atoms. The number of aryl methyl sites for hydroxylation is 1. The maximum Gasteiger partial charge on any atom is 0.317 e. The largest absolute Gasteiger partial charge is 0.473 e. The lowest BCUT2D eigenvalue weighted by atomic mass is 10.1. The zero-order valence-corrected chi connectivity index (χ0v) is 14.0.